The van der Waals surface area contributed by atoms with E-state index in [4.69, 9.17) is 5.11 Å². The number of para-hydroxylation sites is 1. The van der Waals surface area contributed by atoms with Crippen LogP contribution in [0.15, 0.2) is 47.4 Å². The summed E-state index contributed by atoms with van der Waals surface area (Å²) in [7, 11) is -4.21. The molecule has 5 nitrogen and oxygen atoms in total. The summed E-state index contributed by atoms with van der Waals surface area (Å²) >= 11 is 0. The van der Waals surface area contributed by atoms with Crippen molar-refractivity contribution in [3.8, 4) is 0 Å². The minimum atomic E-state index is -4.21. The Morgan fingerprint density at radius 1 is 1.19 bits per heavy atom. The lowest BCUT2D eigenvalue weighted by molar-refractivity contribution is 0.0696. The molecular weight excluding hydrogens is 297 g/mol. The van der Waals surface area contributed by atoms with Crippen LogP contribution in [0, 0.1) is 12.7 Å². The van der Waals surface area contributed by atoms with Gasteiger partial charge in [-0.3, -0.25) is 4.72 Å². The molecule has 110 valence electrons. The molecule has 0 heterocycles. The molecule has 0 aliphatic rings. The Bertz CT molecular complexity index is 802. The minimum absolute atomic E-state index is 0.303. The maximum atomic E-state index is 13.7. The Labute approximate surface area is 121 Å². The lowest BCUT2D eigenvalue weighted by Crippen LogP contribution is -2.16. The molecule has 0 aliphatic heterocycles. The third-order valence-electron chi connectivity index (χ3n) is 2.86. The molecule has 0 fully saturated rings. The van der Waals surface area contributed by atoms with Crippen molar-refractivity contribution in [3.05, 3.63) is 59.4 Å². The molecular formula is C14H12FNO4S. The largest absolute Gasteiger partial charge is 0.478 e. The van der Waals surface area contributed by atoms with Gasteiger partial charge in [-0.1, -0.05) is 18.2 Å². The number of sulfonamides is 1. The second-order valence-corrected chi connectivity index (χ2v) is 6.02. The Kier molecular flexibility index (Phi) is 3.95. The molecule has 0 saturated carbocycles. The van der Waals surface area contributed by atoms with Crippen LogP contribution in [0.25, 0.3) is 0 Å². The molecule has 2 N–H and O–H groups in total. The van der Waals surface area contributed by atoms with Crippen LogP contribution in [0.2, 0.25) is 0 Å². The molecule has 2 aromatic carbocycles. The van der Waals surface area contributed by atoms with Gasteiger partial charge in [-0.2, -0.15) is 0 Å². The van der Waals surface area contributed by atoms with E-state index in [1.807, 2.05) is 0 Å². The first-order chi connectivity index (χ1) is 9.81. The van der Waals surface area contributed by atoms with Crippen molar-refractivity contribution < 1.29 is 22.7 Å². The van der Waals surface area contributed by atoms with Crippen molar-refractivity contribution in [2.45, 2.75) is 11.8 Å². The third-order valence-corrected chi connectivity index (χ3v) is 4.24. The maximum Gasteiger partial charge on any atom is 0.335 e. The molecule has 2 rings (SSSR count). The van der Waals surface area contributed by atoms with Gasteiger partial charge in [0.1, 0.15) is 10.7 Å². The highest BCUT2D eigenvalue weighted by atomic mass is 32.2. The summed E-state index contributed by atoms with van der Waals surface area (Å²) in [4.78, 5) is 10.2. The van der Waals surface area contributed by atoms with Crippen LogP contribution >= 0.6 is 0 Å². The highest BCUT2D eigenvalue weighted by Crippen LogP contribution is 2.22. The molecule has 0 spiro atoms. The lowest BCUT2D eigenvalue weighted by atomic mass is 10.2. The first-order valence-electron chi connectivity index (χ1n) is 5.92. The van der Waals surface area contributed by atoms with E-state index in [2.05, 4.69) is 4.72 Å². The molecule has 0 radical (unpaired) electrons. The highest BCUT2D eigenvalue weighted by Gasteiger charge is 2.21. The fourth-order valence-corrected chi connectivity index (χ4v) is 2.96. The maximum absolute atomic E-state index is 13.7. The number of benzene rings is 2. The topological polar surface area (TPSA) is 83.5 Å². The lowest BCUT2D eigenvalue weighted by Gasteiger charge is -2.11. The van der Waals surface area contributed by atoms with E-state index in [1.54, 1.807) is 25.1 Å². The Hall–Kier alpha value is -2.41. The monoisotopic (exact) mass is 309 g/mol. The van der Waals surface area contributed by atoms with E-state index >= 15 is 0 Å². The average molecular weight is 309 g/mol. The van der Waals surface area contributed by atoms with Crippen molar-refractivity contribution >= 4 is 21.7 Å². The zero-order chi connectivity index (χ0) is 15.6. The molecule has 0 aliphatic carbocycles. The van der Waals surface area contributed by atoms with Gasteiger partial charge in [0.05, 0.1) is 11.3 Å². The summed E-state index contributed by atoms with van der Waals surface area (Å²) in [5.41, 5.74) is 0.662. The summed E-state index contributed by atoms with van der Waals surface area (Å²) in [6.07, 6.45) is 0. The fraction of sp³-hybridized carbons (Fsp3) is 0.0714. The third kappa shape index (κ3) is 3.19. The fourth-order valence-electron chi connectivity index (χ4n) is 1.73. The van der Waals surface area contributed by atoms with Crippen LogP contribution in [0.5, 0.6) is 0 Å². The number of hydrogen-bond donors (Lipinski definition) is 2. The Morgan fingerprint density at radius 3 is 2.48 bits per heavy atom. The van der Waals surface area contributed by atoms with Gasteiger partial charge in [0.2, 0.25) is 0 Å². The molecule has 0 amide bonds. The van der Waals surface area contributed by atoms with Crippen LogP contribution in [-0.4, -0.2) is 19.5 Å². The first kappa shape index (κ1) is 15.0. The summed E-state index contributed by atoms with van der Waals surface area (Å²) in [5, 5.41) is 8.86. The smallest absolute Gasteiger partial charge is 0.335 e. The molecule has 0 atom stereocenters. The normalized spacial score (nSPS) is 11.1. The molecule has 0 aromatic heterocycles. The minimum Gasteiger partial charge on any atom is -0.478 e. The van der Waals surface area contributed by atoms with Crippen molar-refractivity contribution in [2.24, 2.45) is 0 Å². The van der Waals surface area contributed by atoms with E-state index in [0.717, 1.165) is 18.2 Å². The molecule has 0 bridgehead atoms. The summed E-state index contributed by atoms with van der Waals surface area (Å²) in [6.45, 7) is 1.70. The van der Waals surface area contributed by atoms with Crippen LogP contribution in [0.3, 0.4) is 0 Å². The quantitative estimate of drug-likeness (QED) is 0.909. The SMILES string of the molecule is Cc1ccccc1NS(=O)(=O)c1cc(C(=O)O)ccc1F. The van der Waals surface area contributed by atoms with Crippen LogP contribution < -0.4 is 4.72 Å². The first-order valence-corrected chi connectivity index (χ1v) is 7.41. The van der Waals surface area contributed by atoms with Crippen molar-refractivity contribution in [1.29, 1.82) is 0 Å². The Balaban J connectivity index is 2.47. The number of carboxylic acids is 1. The van der Waals surface area contributed by atoms with Crippen molar-refractivity contribution in [2.75, 3.05) is 4.72 Å². The number of aryl methyl sites for hydroxylation is 1. The van der Waals surface area contributed by atoms with E-state index in [9.17, 15) is 17.6 Å². The van der Waals surface area contributed by atoms with Crippen molar-refractivity contribution in [1.82, 2.24) is 0 Å². The van der Waals surface area contributed by atoms with Gasteiger partial charge >= 0.3 is 5.97 Å². The molecule has 21 heavy (non-hydrogen) atoms. The number of carboxylic acid groups (broad SMARTS) is 1. The molecule has 0 unspecified atom stereocenters. The van der Waals surface area contributed by atoms with Gasteiger partial charge in [0.25, 0.3) is 10.0 Å². The van der Waals surface area contributed by atoms with Gasteiger partial charge in [0, 0.05) is 0 Å². The van der Waals surface area contributed by atoms with E-state index in [-0.39, 0.29) is 5.56 Å². The van der Waals surface area contributed by atoms with E-state index in [1.165, 1.54) is 6.07 Å². The average Bonchev–Trinajstić information content (AvgIpc) is 2.41. The summed E-state index contributed by atoms with van der Waals surface area (Å²) in [5.74, 6) is -2.34. The highest BCUT2D eigenvalue weighted by molar-refractivity contribution is 7.92. The van der Waals surface area contributed by atoms with E-state index < -0.39 is 26.7 Å². The van der Waals surface area contributed by atoms with E-state index in [0.29, 0.717) is 11.3 Å². The predicted octanol–water partition coefficient (Wildman–Crippen LogP) is 2.63. The van der Waals surface area contributed by atoms with Gasteiger partial charge in [-0.25, -0.2) is 17.6 Å². The van der Waals surface area contributed by atoms with Crippen LogP contribution in [-0.2, 0) is 10.0 Å². The summed E-state index contributed by atoms with van der Waals surface area (Å²) in [6, 6.07) is 9.21. The predicted molar refractivity (Wildman–Crippen MR) is 75.3 cm³/mol. The number of nitrogens with one attached hydrogen (secondary N) is 1. The molecule has 7 heteroatoms. The molecule has 2 aromatic rings. The number of anilines is 1. The number of aromatic carboxylic acids is 1. The van der Waals surface area contributed by atoms with Gasteiger partial charge in [0.15, 0.2) is 0 Å². The van der Waals surface area contributed by atoms with Crippen LogP contribution in [0.1, 0.15) is 15.9 Å². The second kappa shape index (κ2) is 5.53. The number of halogens is 1. The van der Waals surface area contributed by atoms with Gasteiger partial charge < -0.3 is 5.11 Å². The van der Waals surface area contributed by atoms with Crippen LogP contribution in [0.4, 0.5) is 10.1 Å². The van der Waals surface area contributed by atoms with Gasteiger partial charge in [-0.05, 0) is 36.8 Å². The zero-order valence-corrected chi connectivity index (χ0v) is 11.8. The van der Waals surface area contributed by atoms with Gasteiger partial charge in [-0.15, -0.1) is 0 Å². The number of rotatable bonds is 4. The summed E-state index contributed by atoms with van der Waals surface area (Å²) < 4.78 is 40.4. The number of carbonyl (C=O) groups is 1. The van der Waals surface area contributed by atoms with Crippen molar-refractivity contribution in [3.63, 3.8) is 0 Å². The number of hydrogen-bond acceptors (Lipinski definition) is 3. The standard InChI is InChI=1S/C14H12FNO4S/c1-9-4-2-3-5-12(9)16-21(19,20)13-8-10(14(17)18)6-7-11(13)15/h2-8,16H,1H3,(H,17,18). The second-order valence-electron chi connectivity index (χ2n) is 4.37. The zero-order valence-electron chi connectivity index (χ0n) is 11.0. The Morgan fingerprint density at radius 2 is 1.86 bits per heavy atom. The molecule has 0 saturated heterocycles.